The van der Waals surface area contributed by atoms with Crippen LogP contribution in [0.2, 0.25) is 20.6 Å². The van der Waals surface area contributed by atoms with E-state index in [1.807, 2.05) is 0 Å². The Balaban J connectivity index is 0.000000251. The van der Waals surface area contributed by atoms with Crippen LogP contribution in [-0.2, 0) is 12.4 Å². The fourth-order valence-electron chi connectivity index (χ4n) is 1.47. The van der Waals surface area contributed by atoms with Crippen molar-refractivity contribution in [2.75, 3.05) is 0 Å². The quantitative estimate of drug-likeness (QED) is 0.318. The van der Waals surface area contributed by atoms with E-state index in [9.17, 15) is 26.3 Å². The molecule has 0 aliphatic rings. The molecule has 0 atom stereocenters. The maximum absolute atomic E-state index is 12.3. The zero-order valence-electron chi connectivity index (χ0n) is 11.9. The molecule has 0 unspecified atom stereocenters. The van der Waals surface area contributed by atoms with Gasteiger partial charge in [0.05, 0.1) is 11.1 Å². The highest BCUT2D eigenvalue weighted by atomic mass is 35.5. The second kappa shape index (κ2) is 8.16. The SMILES string of the molecule is Cc1c(C(F)(F)F)cc(Cl)nc1Cl.FC(F)(F)c1cc(Cl)nc(Cl)c1. The Hall–Kier alpha value is -0.960. The first-order valence-corrected chi connectivity index (χ1v) is 7.53. The number of alkyl halides is 6. The van der Waals surface area contributed by atoms with Gasteiger partial charge in [0.25, 0.3) is 0 Å². The third-order valence-corrected chi connectivity index (χ3v) is 3.53. The van der Waals surface area contributed by atoms with E-state index in [-0.39, 0.29) is 26.2 Å². The van der Waals surface area contributed by atoms with Crippen molar-refractivity contribution in [1.29, 1.82) is 0 Å². The molecule has 138 valence electrons. The van der Waals surface area contributed by atoms with Gasteiger partial charge >= 0.3 is 12.4 Å². The van der Waals surface area contributed by atoms with Gasteiger partial charge < -0.3 is 0 Å². The molecular weight excluding hydrogens is 440 g/mol. The number of halogens is 10. The Labute approximate surface area is 157 Å². The molecule has 0 saturated carbocycles. The van der Waals surface area contributed by atoms with Crippen molar-refractivity contribution in [3.63, 3.8) is 0 Å². The van der Waals surface area contributed by atoms with Crippen molar-refractivity contribution < 1.29 is 26.3 Å². The molecule has 0 saturated heterocycles. The Bertz CT molecular complexity index is 741. The van der Waals surface area contributed by atoms with Crippen molar-refractivity contribution in [1.82, 2.24) is 9.97 Å². The van der Waals surface area contributed by atoms with Gasteiger partial charge in [-0.15, -0.1) is 0 Å². The molecule has 0 bridgehead atoms. The van der Waals surface area contributed by atoms with Gasteiger partial charge in [-0.3, -0.25) is 0 Å². The van der Waals surface area contributed by atoms with Crippen molar-refractivity contribution >= 4 is 46.4 Å². The number of pyridine rings is 2. The molecular formula is C13H6Cl4F6N2. The normalized spacial score (nSPS) is 11.8. The number of nitrogens with zero attached hydrogens (tertiary/aromatic N) is 2. The van der Waals surface area contributed by atoms with Gasteiger partial charge in [-0.05, 0) is 30.7 Å². The smallest absolute Gasteiger partial charge is 0.224 e. The van der Waals surface area contributed by atoms with Crippen LogP contribution in [0.15, 0.2) is 18.2 Å². The first-order valence-electron chi connectivity index (χ1n) is 6.02. The third-order valence-electron chi connectivity index (χ3n) is 2.58. The van der Waals surface area contributed by atoms with Crippen LogP contribution in [0.5, 0.6) is 0 Å². The fourth-order valence-corrected chi connectivity index (χ4v) is 2.36. The van der Waals surface area contributed by atoms with Gasteiger partial charge in [-0.25, -0.2) is 9.97 Å². The summed E-state index contributed by atoms with van der Waals surface area (Å²) in [5, 5.41) is -1.02. The summed E-state index contributed by atoms with van der Waals surface area (Å²) >= 11 is 21.3. The second-order valence-electron chi connectivity index (χ2n) is 4.41. The molecule has 2 heterocycles. The lowest BCUT2D eigenvalue weighted by atomic mass is 10.1. The monoisotopic (exact) mass is 444 g/mol. The molecule has 0 radical (unpaired) electrons. The van der Waals surface area contributed by atoms with Crippen LogP contribution >= 0.6 is 46.4 Å². The summed E-state index contributed by atoms with van der Waals surface area (Å²) in [6.45, 7) is 1.24. The molecule has 0 aliphatic heterocycles. The maximum Gasteiger partial charge on any atom is 0.416 e. The molecule has 0 fully saturated rings. The lowest BCUT2D eigenvalue weighted by Crippen LogP contribution is -2.08. The highest BCUT2D eigenvalue weighted by Gasteiger charge is 2.34. The average Bonchev–Trinajstić information content (AvgIpc) is 2.40. The molecule has 25 heavy (non-hydrogen) atoms. The minimum atomic E-state index is -4.44. The lowest BCUT2D eigenvalue weighted by Gasteiger charge is -2.10. The molecule has 2 aromatic rings. The van der Waals surface area contributed by atoms with E-state index in [2.05, 4.69) is 9.97 Å². The molecule has 0 N–H and O–H groups in total. The molecule has 0 amide bonds. The lowest BCUT2D eigenvalue weighted by molar-refractivity contribution is -0.138. The van der Waals surface area contributed by atoms with E-state index in [4.69, 9.17) is 46.4 Å². The summed E-state index contributed by atoms with van der Waals surface area (Å²) in [6, 6.07) is 2.18. The maximum atomic E-state index is 12.3. The Morgan fingerprint density at radius 2 is 1.16 bits per heavy atom. The molecule has 2 aromatic heterocycles. The van der Waals surface area contributed by atoms with Crippen LogP contribution in [-0.4, -0.2) is 9.97 Å². The molecule has 2 nitrogen and oxygen atoms in total. The van der Waals surface area contributed by atoms with Gasteiger partial charge in [0.15, 0.2) is 0 Å². The largest absolute Gasteiger partial charge is 0.416 e. The topological polar surface area (TPSA) is 25.8 Å². The van der Waals surface area contributed by atoms with Crippen LogP contribution in [0.3, 0.4) is 0 Å². The molecule has 12 heteroatoms. The van der Waals surface area contributed by atoms with Crippen molar-refractivity contribution in [2.45, 2.75) is 19.3 Å². The van der Waals surface area contributed by atoms with Crippen LogP contribution in [0.4, 0.5) is 26.3 Å². The van der Waals surface area contributed by atoms with Gasteiger partial charge in [0.1, 0.15) is 20.6 Å². The summed E-state index contributed by atoms with van der Waals surface area (Å²) in [5.74, 6) is 0. The number of hydrogen-bond donors (Lipinski definition) is 0. The predicted molar refractivity (Wildman–Crippen MR) is 83.3 cm³/mol. The summed E-state index contributed by atoms with van der Waals surface area (Å²) < 4.78 is 72.8. The Morgan fingerprint density at radius 3 is 1.56 bits per heavy atom. The van der Waals surface area contributed by atoms with Gasteiger partial charge in [-0.2, -0.15) is 26.3 Å². The average molecular weight is 446 g/mol. The summed E-state index contributed by atoms with van der Waals surface area (Å²) in [7, 11) is 0. The van der Waals surface area contributed by atoms with E-state index < -0.39 is 23.5 Å². The molecule has 2 rings (SSSR count). The van der Waals surface area contributed by atoms with Crippen LogP contribution in [0, 0.1) is 6.92 Å². The Kier molecular flexibility index (Phi) is 7.21. The van der Waals surface area contributed by atoms with E-state index in [1.165, 1.54) is 6.92 Å². The van der Waals surface area contributed by atoms with Crippen molar-refractivity contribution in [2.24, 2.45) is 0 Å². The number of rotatable bonds is 0. The first-order chi connectivity index (χ1) is 11.2. The van der Waals surface area contributed by atoms with E-state index in [1.54, 1.807) is 0 Å². The van der Waals surface area contributed by atoms with Gasteiger partial charge in [0.2, 0.25) is 0 Å². The van der Waals surface area contributed by atoms with E-state index in [0.29, 0.717) is 12.1 Å². The van der Waals surface area contributed by atoms with Gasteiger partial charge in [-0.1, -0.05) is 46.4 Å². The minimum Gasteiger partial charge on any atom is -0.224 e. The van der Waals surface area contributed by atoms with Crippen molar-refractivity contribution in [3.05, 3.63) is 55.5 Å². The zero-order chi connectivity index (χ0) is 19.6. The third kappa shape index (κ3) is 6.69. The van der Waals surface area contributed by atoms with Crippen molar-refractivity contribution in [3.8, 4) is 0 Å². The highest BCUT2D eigenvalue weighted by molar-refractivity contribution is 6.33. The van der Waals surface area contributed by atoms with Crippen LogP contribution in [0.25, 0.3) is 0 Å². The second-order valence-corrected chi connectivity index (χ2v) is 5.92. The summed E-state index contributed by atoms with van der Waals surface area (Å²) in [6.07, 6.45) is -8.88. The number of aromatic nitrogens is 2. The summed E-state index contributed by atoms with van der Waals surface area (Å²) in [4.78, 5) is 6.86. The van der Waals surface area contributed by atoms with Crippen LogP contribution < -0.4 is 0 Å². The van der Waals surface area contributed by atoms with Crippen LogP contribution in [0.1, 0.15) is 16.7 Å². The van der Waals surface area contributed by atoms with E-state index in [0.717, 1.165) is 6.07 Å². The fraction of sp³-hybridized carbons (Fsp3) is 0.231. The van der Waals surface area contributed by atoms with E-state index >= 15 is 0 Å². The zero-order valence-corrected chi connectivity index (χ0v) is 14.9. The minimum absolute atomic E-state index is 0.112. The first kappa shape index (κ1) is 22.1. The standard InChI is InChI=1S/C7H4Cl2F3N.C6H2Cl2F3N/c1-3-4(7(10,11)12)2-5(8)13-6(3)9;7-4-1-3(6(9,10)11)2-5(8)12-4/h2H,1H3;1-2H. The molecule has 0 aliphatic carbocycles. The Morgan fingerprint density at radius 1 is 0.720 bits per heavy atom. The van der Waals surface area contributed by atoms with Gasteiger partial charge in [0, 0.05) is 0 Å². The summed E-state index contributed by atoms with van der Waals surface area (Å²) in [5.41, 5.74) is -1.86. The predicted octanol–water partition coefficient (Wildman–Crippen LogP) is 7.12. The molecule has 0 aromatic carbocycles. The highest BCUT2D eigenvalue weighted by Crippen LogP contribution is 2.35. The number of hydrogen-bond acceptors (Lipinski definition) is 2. The molecule has 0 spiro atoms.